The van der Waals surface area contributed by atoms with Crippen LogP contribution < -0.4 is 4.74 Å². The molecule has 1 amide bonds. The SMILES string of the molecule is COc1ccc(C2CCCCN(C(=O)c3cc(Cl)ccc3[N+](=O)[O-])C2)cc1. The molecule has 2 aromatic carbocycles. The topological polar surface area (TPSA) is 72.7 Å². The van der Waals surface area contributed by atoms with E-state index in [1.807, 2.05) is 24.3 Å². The van der Waals surface area contributed by atoms with E-state index < -0.39 is 4.92 Å². The summed E-state index contributed by atoms with van der Waals surface area (Å²) in [5.74, 6) is 0.625. The molecule has 142 valence electrons. The van der Waals surface area contributed by atoms with Crippen molar-refractivity contribution in [2.24, 2.45) is 0 Å². The second-order valence-electron chi connectivity index (χ2n) is 6.64. The molecule has 3 rings (SSSR count). The predicted octanol–water partition coefficient (Wildman–Crippen LogP) is 4.67. The summed E-state index contributed by atoms with van der Waals surface area (Å²) in [6, 6.07) is 11.9. The number of nitro groups is 1. The molecule has 27 heavy (non-hydrogen) atoms. The third-order valence-electron chi connectivity index (χ3n) is 4.93. The fourth-order valence-corrected chi connectivity index (χ4v) is 3.66. The van der Waals surface area contributed by atoms with Gasteiger partial charge in [0.05, 0.1) is 12.0 Å². The van der Waals surface area contributed by atoms with E-state index in [2.05, 4.69) is 0 Å². The maximum absolute atomic E-state index is 13.1. The quantitative estimate of drug-likeness (QED) is 0.563. The molecule has 0 radical (unpaired) electrons. The first-order chi connectivity index (χ1) is 13.0. The van der Waals surface area contributed by atoms with E-state index in [1.54, 1.807) is 12.0 Å². The van der Waals surface area contributed by atoms with Crippen molar-refractivity contribution in [2.75, 3.05) is 20.2 Å². The Morgan fingerprint density at radius 2 is 1.96 bits per heavy atom. The predicted molar refractivity (Wildman–Crippen MR) is 104 cm³/mol. The van der Waals surface area contributed by atoms with Crippen LogP contribution in [0.2, 0.25) is 5.02 Å². The van der Waals surface area contributed by atoms with E-state index in [0.717, 1.165) is 30.6 Å². The fraction of sp³-hybridized carbons (Fsp3) is 0.350. The van der Waals surface area contributed by atoms with Crippen molar-refractivity contribution < 1.29 is 14.5 Å². The molecule has 7 heteroatoms. The fourth-order valence-electron chi connectivity index (χ4n) is 3.48. The van der Waals surface area contributed by atoms with Gasteiger partial charge in [0, 0.05) is 30.1 Å². The number of likely N-dealkylation sites (tertiary alicyclic amines) is 1. The van der Waals surface area contributed by atoms with E-state index in [4.69, 9.17) is 16.3 Å². The van der Waals surface area contributed by atoms with Gasteiger partial charge >= 0.3 is 0 Å². The lowest BCUT2D eigenvalue weighted by Crippen LogP contribution is -2.34. The van der Waals surface area contributed by atoms with Gasteiger partial charge in [-0.3, -0.25) is 14.9 Å². The van der Waals surface area contributed by atoms with Crippen molar-refractivity contribution in [3.63, 3.8) is 0 Å². The Morgan fingerprint density at radius 1 is 1.22 bits per heavy atom. The number of halogens is 1. The molecule has 0 aromatic heterocycles. The summed E-state index contributed by atoms with van der Waals surface area (Å²) in [5, 5.41) is 11.6. The van der Waals surface area contributed by atoms with Crippen molar-refractivity contribution in [1.29, 1.82) is 0 Å². The minimum atomic E-state index is -0.539. The number of amides is 1. The Labute approximate surface area is 162 Å². The van der Waals surface area contributed by atoms with Crippen LogP contribution in [0.3, 0.4) is 0 Å². The number of rotatable bonds is 4. The zero-order chi connectivity index (χ0) is 19.4. The summed E-state index contributed by atoms with van der Waals surface area (Å²) in [7, 11) is 1.62. The molecule has 1 aliphatic heterocycles. The number of carbonyl (C=O) groups excluding carboxylic acids is 1. The monoisotopic (exact) mass is 388 g/mol. The van der Waals surface area contributed by atoms with Crippen LogP contribution in [-0.4, -0.2) is 35.9 Å². The highest BCUT2D eigenvalue weighted by Gasteiger charge is 2.28. The van der Waals surface area contributed by atoms with E-state index in [-0.39, 0.29) is 23.1 Å². The Balaban J connectivity index is 1.86. The van der Waals surface area contributed by atoms with Crippen LogP contribution in [0, 0.1) is 10.1 Å². The first-order valence-electron chi connectivity index (χ1n) is 8.86. The first-order valence-corrected chi connectivity index (χ1v) is 9.24. The molecule has 1 heterocycles. The van der Waals surface area contributed by atoms with Crippen molar-refractivity contribution in [1.82, 2.24) is 4.90 Å². The second kappa shape index (κ2) is 8.39. The van der Waals surface area contributed by atoms with Crippen molar-refractivity contribution in [3.8, 4) is 5.75 Å². The number of hydrogen-bond donors (Lipinski definition) is 0. The molecule has 1 fully saturated rings. The van der Waals surface area contributed by atoms with Crippen molar-refractivity contribution in [3.05, 3.63) is 68.7 Å². The van der Waals surface area contributed by atoms with Crippen molar-refractivity contribution >= 4 is 23.2 Å². The highest BCUT2D eigenvalue weighted by atomic mass is 35.5. The lowest BCUT2D eigenvalue weighted by Gasteiger charge is -2.25. The molecule has 0 saturated carbocycles. The maximum Gasteiger partial charge on any atom is 0.282 e. The third kappa shape index (κ3) is 4.39. The van der Waals surface area contributed by atoms with Gasteiger partial charge in [0.2, 0.25) is 0 Å². The number of methoxy groups -OCH3 is 1. The number of hydrogen-bond acceptors (Lipinski definition) is 4. The molecular formula is C20H21ClN2O4. The van der Waals surface area contributed by atoms with Crippen LogP contribution in [0.1, 0.15) is 41.1 Å². The van der Waals surface area contributed by atoms with Crippen LogP contribution in [0.4, 0.5) is 5.69 Å². The summed E-state index contributed by atoms with van der Waals surface area (Å²) in [5.41, 5.74) is 0.966. The summed E-state index contributed by atoms with van der Waals surface area (Å²) in [4.78, 5) is 25.5. The molecule has 1 atom stereocenters. The van der Waals surface area contributed by atoms with E-state index in [9.17, 15) is 14.9 Å². The first kappa shape index (κ1) is 19.2. The number of nitro benzene ring substituents is 1. The number of ether oxygens (including phenoxy) is 1. The molecular weight excluding hydrogens is 368 g/mol. The lowest BCUT2D eigenvalue weighted by molar-refractivity contribution is -0.385. The van der Waals surface area contributed by atoms with Gasteiger partial charge in [-0.15, -0.1) is 0 Å². The van der Waals surface area contributed by atoms with Gasteiger partial charge < -0.3 is 9.64 Å². The average Bonchev–Trinajstić information content (AvgIpc) is 2.93. The van der Waals surface area contributed by atoms with Gasteiger partial charge in [-0.25, -0.2) is 0 Å². The van der Waals surface area contributed by atoms with E-state index in [0.29, 0.717) is 18.1 Å². The number of benzene rings is 2. The summed E-state index contributed by atoms with van der Waals surface area (Å²) in [6.07, 6.45) is 2.83. The number of carbonyl (C=O) groups is 1. The summed E-state index contributed by atoms with van der Waals surface area (Å²) < 4.78 is 5.20. The van der Waals surface area contributed by atoms with Crippen LogP contribution in [0.15, 0.2) is 42.5 Å². The standard InChI is InChI=1S/C20H21ClN2O4/c1-27-17-8-5-14(6-9-17)15-4-2-3-11-22(13-15)20(24)18-12-16(21)7-10-19(18)23(25)26/h5-10,12,15H,2-4,11,13H2,1H3. The Hall–Kier alpha value is -2.60. The van der Waals surface area contributed by atoms with Gasteiger partial charge in [0.1, 0.15) is 11.3 Å². The van der Waals surface area contributed by atoms with Crippen LogP contribution in [0.25, 0.3) is 0 Å². The highest BCUT2D eigenvalue weighted by Crippen LogP contribution is 2.30. The summed E-state index contributed by atoms with van der Waals surface area (Å²) >= 11 is 5.98. The highest BCUT2D eigenvalue weighted by molar-refractivity contribution is 6.31. The van der Waals surface area contributed by atoms with Gasteiger partial charge in [-0.05, 0) is 42.7 Å². The summed E-state index contributed by atoms with van der Waals surface area (Å²) in [6.45, 7) is 1.10. The molecule has 1 saturated heterocycles. The van der Waals surface area contributed by atoms with E-state index >= 15 is 0 Å². The molecule has 2 aromatic rings. The van der Waals surface area contributed by atoms with Gasteiger partial charge in [-0.1, -0.05) is 30.2 Å². The van der Waals surface area contributed by atoms with E-state index in [1.165, 1.54) is 18.2 Å². The van der Waals surface area contributed by atoms with Crippen LogP contribution >= 0.6 is 11.6 Å². The lowest BCUT2D eigenvalue weighted by atomic mass is 9.94. The Bertz CT molecular complexity index is 838. The minimum Gasteiger partial charge on any atom is -0.497 e. The normalized spacial score (nSPS) is 17.3. The minimum absolute atomic E-state index is 0.0443. The van der Waals surface area contributed by atoms with Crippen LogP contribution in [0.5, 0.6) is 5.75 Å². The number of nitrogens with zero attached hydrogens (tertiary/aromatic N) is 2. The Kier molecular flexibility index (Phi) is 5.96. The van der Waals surface area contributed by atoms with Crippen LogP contribution in [-0.2, 0) is 0 Å². The average molecular weight is 389 g/mol. The second-order valence-corrected chi connectivity index (χ2v) is 7.07. The maximum atomic E-state index is 13.1. The largest absolute Gasteiger partial charge is 0.497 e. The smallest absolute Gasteiger partial charge is 0.282 e. The van der Waals surface area contributed by atoms with Gasteiger partial charge in [0.15, 0.2) is 0 Å². The molecule has 0 N–H and O–H groups in total. The molecule has 6 nitrogen and oxygen atoms in total. The Morgan fingerprint density at radius 3 is 2.63 bits per heavy atom. The molecule has 1 unspecified atom stereocenters. The third-order valence-corrected chi connectivity index (χ3v) is 5.17. The molecule has 1 aliphatic rings. The zero-order valence-corrected chi connectivity index (χ0v) is 15.8. The van der Waals surface area contributed by atoms with Gasteiger partial charge in [0.25, 0.3) is 11.6 Å². The zero-order valence-electron chi connectivity index (χ0n) is 15.1. The van der Waals surface area contributed by atoms with Crippen molar-refractivity contribution in [2.45, 2.75) is 25.2 Å². The molecule has 0 bridgehead atoms. The molecule has 0 spiro atoms. The van der Waals surface area contributed by atoms with Gasteiger partial charge in [-0.2, -0.15) is 0 Å². The molecule has 0 aliphatic carbocycles.